The minimum atomic E-state index is -0.314. The third-order valence-corrected chi connectivity index (χ3v) is 8.68. The van der Waals surface area contributed by atoms with Crippen molar-refractivity contribution in [2.45, 2.75) is 64.0 Å². The van der Waals surface area contributed by atoms with Crippen molar-refractivity contribution in [3.05, 3.63) is 92.9 Å². The summed E-state index contributed by atoms with van der Waals surface area (Å²) in [6.45, 7) is 2.84. The van der Waals surface area contributed by atoms with Crippen LogP contribution in [-0.4, -0.2) is 40.7 Å². The van der Waals surface area contributed by atoms with Crippen molar-refractivity contribution in [2.75, 3.05) is 13.1 Å². The van der Waals surface area contributed by atoms with E-state index in [9.17, 15) is 14.0 Å². The van der Waals surface area contributed by atoms with Crippen molar-refractivity contribution in [3.63, 3.8) is 0 Å². The summed E-state index contributed by atoms with van der Waals surface area (Å²) in [5.74, 6) is -0.369. The van der Waals surface area contributed by atoms with Gasteiger partial charge in [0.1, 0.15) is 12.4 Å². The largest absolute Gasteiger partial charge is 0.330 e. The summed E-state index contributed by atoms with van der Waals surface area (Å²) in [6, 6.07) is 16.5. The Morgan fingerprint density at radius 3 is 2.50 bits per heavy atom. The smallest absolute Gasteiger partial charge is 0.243 e. The van der Waals surface area contributed by atoms with Gasteiger partial charge in [-0.15, -0.1) is 11.3 Å². The summed E-state index contributed by atoms with van der Waals surface area (Å²) in [6.07, 6.45) is 6.21. The van der Waals surface area contributed by atoms with E-state index in [4.69, 9.17) is 0 Å². The summed E-state index contributed by atoms with van der Waals surface area (Å²) < 4.78 is 13.4. The van der Waals surface area contributed by atoms with Gasteiger partial charge in [-0.1, -0.05) is 55.7 Å². The van der Waals surface area contributed by atoms with Gasteiger partial charge in [0, 0.05) is 17.5 Å². The van der Waals surface area contributed by atoms with E-state index in [1.807, 2.05) is 21.9 Å². The van der Waals surface area contributed by atoms with Crippen LogP contribution in [-0.2, 0) is 22.4 Å². The fraction of sp³-hybridized carbons (Fsp3) is 0.400. The van der Waals surface area contributed by atoms with Gasteiger partial charge < -0.3 is 9.80 Å². The van der Waals surface area contributed by atoms with Gasteiger partial charge in [0.25, 0.3) is 0 Å². The Bertz CT molecular complexity index is 1220. The lowest BCUT2D eigenvalue weighted by Gasteiger charge is -2.40. The molecule has 2 amide bonds. The number of carbonyl (C=O) groups excluding carboxylic acids is 2. The van der Waals surface area contributed by atoms with Crippen LogP contribution in [0.15, 0.2) is 60.0 Å². The lowest BCUT2D eigenvalue weighted by molar-refractivity contribution is -0.144. The first-order valence-corrected chi connectivity index (χ1v) is 13.8. The number of aryl methyl sites for hydroxylation is 1. The summed E-state index contributed by atoms with van der Waals surface area (Å²) in [7, 11) is 0. The molecule has 36 heavy (non-hydrogen) atoms. The maximum Gasteiger partial charge on any atom is 0.243 e. The minimum absolute atomic E-state index is 0.00173. The molecule has 188 valence electrons. The van der Waals surface area contributed by atoms with E-state index >= 15 is 0 Å². The zero-order chi connectivity index (χ0) is 25.1. The van der Waals surface area contributed by atoms with Gasteiger partial charge in [-0.3, -0.25) is 9.59 Å². The second-order valence-corrected chi connectivity index (χ2v) is 11.0. The molecule has 0 saturated heterocycles. The van der Waals surface area contributed by atoms with Gasteiger partial charge in [0.05, 0.1) is 12.5 Å². The maximum absolute atomic E-state index is 14.0. The van der Waals surface area contributed by atoms with Crippen LogP contribution in [0.25, 0.3) is 0 Å². The normalized spacial score (nSPS) is 18.1. The number of thiophene rings is 1. The molecule has 0 bridgehead atoms. The van der Waals surface area contributed by atoms with Gasteiger partial charge in [-0.05, 0) is 72.0 Å². The van der Waals surface area contributed by atoms with E-state index in [0.717, 1.165) is 48.8 Å². The Hall–Kier alpha value is -2.99. The molecule has 2 aliphatic rings. The molecule has 0 radical (unpaired) electrons. The highest BCUT2D eigenvalue weighted by Crippen LogP contribution is 2.39. The van der Waals surface area contributed by atoms with Crippen molar-refractivity contribution in [2.24, 2.45) is 0 Å². The molecule has 1 atom stereocenters. The number of hydrogen-bond acceptors (Lipinski definition) is 3. The average molecular weight is 505 g/mol. The summed E-state index contributed by atoms with van der Waals surface area (Å²) in [4.78, 5) is 32.6. The first-order valence-electron chi connectivity index (χ1n) is 13.0. The quantitative estimate of drug-likeness (QED) is 0.409. The van der Waals surface area contributed by atoms with Crippen LogP contribution in [0.2, 0.25) is 0 Å². The van der Waals surface area contributed by atoms with Gasteiger partial charge in [0.15, 0.2) is 0 Å². The summed E-state index contributed by atoms with van der Waals surface area (Å²) in [5, 5.41) is 2.12. The second-order valence-electron chi connectivity index (χ2n) is 10.0. The first-order chi connectivity index (χ1) is 17.5. The topological polar surface area (TPSA) is 40.6 Å². The Balaban J connectivity index is 1.41. The van der Waals surface area contributed by atoms with E-state index in [-0.39, 0.29) is 42.7 Å². The Morgan fingerprint density at radius 1 is 1.00 bits per heavy atom. The van der Waals surface area contributed by atoms with Crippen LogP contribution in [0.5, 0.6) is 0 Å². The third-order valence-electron chi connectivity index (χ3n) is 7.68. The molecule has 6 heteroatoms. The highest BCUT2D eigenvalue weighted by atomic mass is 32.1. The fourth-order valence-corrected chi connectivity index (χ4v) is 6.65. The number of hydrogen-bond donors (Lipinski definition) is 0. The van der Waals surface area contributed by atoms with Crippen molar-refractivity contribution in [3.8, 4) is 0 Å². The number of nitrogens with zero attached hydrogens (tertiary/aromatic N) is 2. The standard InChI is InChI=1S/C30H33FN2O2S/c1-21-7-5-6-10-25(21)30-26-16-18-36-27(26)15-17-32(30)29(35)20-33(24-8-3-2-4-9-24)28(34)19-22-11-13-23(31)14-12-22/h5-7,10-14,16,18,24,30H,2-4,8-9,15,17,19-20H2,1H3. The molecule has 0 N–H and O–H groups in total. The Kier molecular flexibility index (Phi) is 7.51. The van der Waals surface area contributed by atoms with E-state index < -0.39 is 0 Å². The van der Waals surface area contributed by atoms with Gasteiger partial charge in [-0.2, -0.15) is 0 Å². The van der Waals surface area contributed by atoms with Crippen LogP contribution >= 0.6 is 11.3 Å². The van der Waals surface area contributed by atoms with E-state index in [1.54, 1.807) is 23.5 Å². The highest BCUT2D eigenvalue weighted by molar-refractivity contribution is 7.10. The van der Waals surface area contributed by atoms with Crippen LogP contribution < -0.4 is 0 Å². The molecule has 4 nitrogen and oxygen atoms in total. The Labute approximate surface area is 216 Å². The van der Waals surface area contributed by atoms with E-state index in [2.05, 4.69) is 30.5 Å². The summed E-state index contributed by atoms with van der Waals surface area (Å²) >= 11 is 1.76. The average Bonchev–Trinajstić information content (AvgIpc) is 3.38. The molecule has 2 aromatic carbocycles. The lowest BCUT2D eigenvalue weighted by atomic mass is 9.90. The molecule has 1 unspecified atom stereocenters. The van der Waals surface area contributed by atoms with E-state index in [0.29, 0.717) is 6.54 Å². The number of halogens is 1. The number of rotatable bonds is 6. The van der Waals surface area contributed by atoms with Gasteiger partial charge in [0.2, 0.25) is 11.8 Å². The van der Waals surface area contributed by atoms with Crippen molar-refractivity contribution < 1.29 is 14.0 Å². The molecular formula is C30H33FN2O2S. The monoisotopic (exact) mass is 504 g/mol. The van der Waals surface area contributed by atoms with Gasteiger partial charge in [-0.25, -0.2) is 4.39 Å². The molecule has 1 aromatic heterocycles. The number of fused-ring (bicyclic) bond motifs is 1. The highest BCUT2D eigenvalue weighted by Gasteiger charge is 2.36. The molecular weight excluding hydrogens is 471 g/mol. The van der Waals surface area contributed by atoms with Crippen LogP contribution in [0, 0.1) is 12.7 Å². The zero-order valence-electron chi connectivity index (χ0n) is 20.8. The molecule has 1 fully saturated rings. The third kappa shape index (κ3) is 5.24. The maximum atomic E-state index is 14.0. The lowest BCUT2D eigenvalue weighted by Crippen LogP contribution is -2.50. The summed E-state index contributed by atoms with van der Waals surface area (Å²) in [5.41, 5.74) is 4.28. The molecule has 5 rings (SSSR count). The fourth-order valence-electron chi connectivity index (χ4n) is 5.74. The molecule has 1 saturated carbocycles. The Morgan fingerprint density at radius 2 is 1.75 bits per heavy atom. The van der Waals surface area contributed by atoms with Crippen molar-refractivity contribution in [1.82, 2.24) is 9.80 Å². The van der Waals surface area contributed by atoms with Crippen LogP contribution in [0.4, 0.5) is 4.39 Å². The molecule has 3 aromatic rings. The molecule has 0 spiro atoms. The predicted octanol–water partition coefficient (Wildman–Crippen LogP) is 6.07. The second kappa shape index (κ2) is 11.0. The number of benzene rings is 2. The van der Waals surface area contributed by atoms with E-state index in [1.165, 1.54) is 29.0 Å². The van der Waals surface area contributed by atoms with Crippen molar-refractivity contribution >= 4 is 23.2 Å². The molecule has 2 heterocycles. The zero-order valence-corrected chi connectivity index (χ0v) is 21.6. The predicted molar refractivity (Wildman–Crippen MR) is 141 cm³/mol. The van der Waals surface area contributed by atoms with Gasteiger partial charge >= 0.3 is 0 Å². The molecule has 1 aliphatic carbocycles. The molecule has 1 aliphatic heterocycles. The SMILES string of the molecule is Cc1ccccc1C1c2ccsc2CCN1C(=O)CN(C(=O)Cc1ccc(F)cc1)C1CCCCC1. The van der Waals surface area contributed by atoms with Crippen LogP contribution in [0.3, 0.4) is 0 Å². The number of amides is 2. The minimum Gasteiger partial charge on any atom is -0.330 e. The first kappa shape index (κ1) is 24.7. The van der Waals surface area contributed by atoms with Crippen LogP contribution in [0.1, 0.15) is 65.3 Å². The number of carbonyl (C=O) groups is 2. The van der Waals surface area contributed by atoms with Crippen molar-refractivity contribution in [1.29, 1.82) is 0 Å².